The monoisotopic (exact) mass is 334 g/mol. The lowest BCUT2D eigenvalue weighted by Crippen LogP contribution is -2.12. The quantitative estimate of drug-likeness (QED) is 0.744. The Morgan fingerprint density at radius 3 is 2.08 bits per heavy atom. The minimum absolute atomic E-state index is 0.143. The summed E-state index contributed by atoms with van der Waals surface area (Å²) in [6.07, 6.45) is 6.59. The largest absolute Gasteiger partial charge is 0.493 e. The highest BCUT2D eigenvalue weighted by molar-refractivity contribution is 6.13. The van der Waals surface area contributed by atoms with Crippen LogP contribution in [0, 0.1) is 0 Å². The highest BCUT2D eigenvalue weighted by Gasteiger charge is 2.20. The SMILES string of the molecule is COc1ccc(/C=C2\CCC/C(=C\c3ccccc3)C2=O)cc1OC. The molecular weight excluding hydrogens is 312 g/mol. The van der Waals surface area contributed by atoms with E-state index < -0.39 is 0 Å². The van der Waals surface area contributed by atoms with Crippen molar-refractivity contribution in [1.29, 1.82) is 0 Å². The van der Waals surface area contributed by atoms with Crippen molar-refractivity contribution < 1.29 is 14.3 Å². The zero-order chi connectivity index (χ0) is 17.6. The fourth-order valence-corrected chi connectivity index (χ4v) is 3.07. The number of carbonyl (C=O) groups excluding carboxylic acids is 1. The van der Waals surface area contributed by atoms with Gasteiger partial charge in [0.1, 0.15) is 0 Å². The van der Waals surface area contributed by atoms with Crippen LogP contribution in [0.2, 0.25) is 0 Å². The van der Waals surface area contributed by atoms with Crippen molar-refractivity contribution in [2.75, 3.05) is 14.2 Å². The number of methoxy groups -OCH3 is 2. The third-order valence-electron chi connectivity index (χ3n) is 4.36. The molecular formula is C22H22O3. The molecule has 0 aliphatic heterocycles. The van der Waals surface area contributed by atoms with Gasteiger partial charge in [-0.05, 0) is 54.7 Å². The predicted molar refractivity (Wildman–Crippen MR) is 101 cm³/mol. The Bertz CT molecular complexity index is 816. The number of rotatable bonds is 4. The summed E-state index contributed by atoms with van der Waals surface area (Å²) in [6.45, 7) is 0. The number of Topliss-reactive ketones (excluding diaryl/α,β-unsaturated/α-hetero) is 1. The molecule has 1 aliphatic carbocycles. The number of benzene rings is 2. The Morgan fingerprint density at radius 2 is 1.44 bits per heavy atom. The maximum Gasteiger partial charge on any atom is 0.185 e. The van der Waals surface area contributed by atoms with E-state index in [2.05, 4.69) is 0 Å². The summed E-state index contributed by atoms with van der Waals surface area (Å²) in [5, 5.41) is 0. The molecule has 0 heterocycles. The summed E-state index contributed by atoms with van der Waals surface area (Å²) in [4.78, 5) is 12.8. The van der Waals surface area contributed by atoms with E-state index in [0.717, 1.165) is 41.5 Å². The Balaban J connectivity index is 1.88. The molecule has 0 spiro atoms. The highest BCUT2D eigenvalue weighted by Crippen LogP contribution is 2.31. The van der Waals surface area contributed by atoms with E-state index in [1.165, 1.54) is 0 Å². The molecule has 25 heavy (non-hydrogen) atoms. The number of hydrogen-bond acceptors (Lipinski definition) is 3. The lowest BCUT2D eigenvalue weighted by Gasteiger charge is -2.17. The normalized spacial score (nSPS) is 17.8. The Labute approximate surface area is 148 Å². The number of hydrogen-bond donors (Lipinski definition) is 0. The number of allylic oxidation sites excluding steroid dienone is 2. The standard InChI is InChI=1S/C22H22O3/c1-24-20-12-11-17(15-21(20)25-2)14-19-10-6-9-18(22(19)23)13-16-7-4-3-5-8-16/h3-5,7-8,11-15H,6,9-10H2,1-2H3/b18-13+,19-14+. The van der Waals surface area contributed by atoms with Gasteiger partial charge in [0, 0.05) is 11.1 Å². The van der Waals surface area contributed by atoms with Gasteiger partial charge in [0.2, 0.25) is 0 Å². The average molecular weight is 334 g/mol. The van der Waals surface area contributed by atoms with Crippen LogP contribution >= 0.6 is 0 Å². The van der Waals surface area contributed by atoms with Crippen molar-refractivity contribution in [2.45, 2.75) is 19.3 Å². The van der Waals surface area contributed by atoms with Crippen molar-refractivity contribution in [3.63, 3.8) is 0 Å². The zero-order valence-corrected chi connectivity index (χ0v) is 14.6. The van der Waals surface area contributed by atoms with Gasteiger partial charge in [-0.15, -0.1) is 0 Å². The second kappa shape index (κ2) is 7.84. The van der Waals surface area contributed by atoms with Crippen LogP contribution in [0.15, 0.2) is 59.7 Å². The molecule has 0 N–H and O–H groups in total. The lowest BCUT2D eigenvalue weighted by molar-refractivity contribution is -0.112. The van der Waals surface area contributed by atoms with E-state index in [1.54, 1.807) is 14.2 Å². The minimum atomic E-state index is 0.143. The molecule has 0 bridgehead atoms. The number of ether oxygens (including phenoxy) is 2. The van der Waals surface area contributed by atoms with Crippen molar-refractivity contribution in [3.05, 3.63) is 70.8 Å². The summed E-state index contributed by atoms with van der Waals surface area (Å²) in [7, 11) is 3.22. The molecule has 0 radical (unpaired) electrons. The van der Waals surface area contributed by atoms with Crippen LogP contribution in [0.3, 0.4) is 0 Å². The van der Waals surface area contributed by atoms with Crippen molar-refractivity contribution in [3.8, 4) is 11.5 Å². The Morgan fingerprint density at radius 1 is 0.800 bits per heavy atom. The molecule has 3 heteroatoms. The Hall–Kier alpha value is -2.81. The maximum atomic E-state index is 12.8. The van der Waals surface area contributed by atoms with Crippen LogP contribution in [-0.2, 0) is 4.79 Å². The first-order valence-electron chi connectivity index (χ1n) is 8.44. The second-order valence-corrected chi connectivity index (χ2v) is 6.05. The highest BCUT2D eigenvalue weighted by atomic mass is 16.5. The van der Waals surface area contributed by atoms with Gasteiger partial charge in [-0.25, -0.2) is 0 Å². The second-order valence-electron chi connectivity index (χ2n) is 6.05. The van der Waals surface area contributed by atoms with Crippen molar-refractivity contribution >= 4 is 17.9 Å². The summed E-state index contributed by atoms with van der Waals surface area (Å²) in [6, 6.07) is 15.7. The van der Waals surface area contributed by atoms with E-state index in [9.17, 15) is 4.79 Å². The van der Waals surface area contributed by atoms with Crippen LogP contribution in [0.25, 0.3) is 12.2 Å². The van der Waals surface area contributed by atoms with E-state index in [0.29, 0.717) is 11.5 Å². The maximum absolute atomic E-state index is 12.8. The Kier molecular flexibility index (Phi) is 5.34. The molecule has 3 nitrogen and oxygen atoms in total. The topological polar surface area (TPSA) is 35.5 Å². The van der Waals surface area contributed by atoms with Gasteiger partial charge in [0.15, 0.2) is 17.3 Å². The summed E-state index contributed by atoms with van der Waals surface area (Å²) in [5.41, 5.74) is 3.74. The van der Waals surface area contributed by atoms with Gasteiger partial charge in [0.05, 0.1) is 14.2 Å². The molecule has 3 rings (SSSR count). The zero-order valence-electron chi connectivity index (χ0n) is 14.6. The van der Waals surface area contributed by atoms with Gasteiger partial charge in [-0.3, -0.25) is 4.79 Å². The predicted octanol–water partition coefficient (Wildman–Crippen LogP) is 4.92. The average Bonchev–Trinajstić information content (AvgIpc) is 2.65. The molecule has 0 aromatic heterocycles. The van der Waals surface area contributed by atoms with Crippen molar-refractivity contribution in [2.24, 2.45) is 0 Å². The molecule has 0 amide bonds. The van der Waals surface area contributed by atoms with E-state index in [4.69, 9.17) is 9.47 Å². The van der Waals surface area contributed by atoms with Gasteiger partial charge < -0.3 is 9.47 Å². The molecule has 1 fully saturated rings. The van der Waals surface area contributed by atoms with Gasteiger partial charge in [-0.1, -0.05) is 36.4 Å². The molecule has 1 aliphatic rings. The first kappa shape index (κ1) is 17.0. The molecule has 128 valence electrons. The van der Waals surface area contributed by atoms with Gasteiger partial charge in [0.25, 0.3) is 0 Å². The molecule has 1 saturated carbocycles. The van der Waals surface area contributed by atoms with Crippen LogP contribution in [0.1, 0.15) is 30.4 Å². The van der Waals surface area contributed by atoms with Crippen LogP contribution < -0.4 is 9.47 Å². The van der Waals surface area contributed by atoms with Crippen LogP contribution in [-0.4, -0.2) is 20.0 Å². The van der Waals surface area contributed by atoms with E-state index >= 15 is 0 Å². The molecule has 0 saturated heterocycles. The molecule has 2 aromatic rings. The third kappa shape index (κ3) is 4.00. The third-order valence-corrected chi connectivity index (χ3v) is 4.36. The van der Waals surface area contributed by atoms with Crippen LogP contribution in [0.5, 0.6) is 11.5 Å². The molecule has 0 unspecified atom stereocenters. The van der Waals surface area contributed by atoms with E-state index in [1.807, 2.05) is 60.7 Å². The molecule has 0 atom stereocenters. The number of ketones is 1. The lowest BCUT2D eigenvalue weighted by atomic mass is 9.87. The number of carbonyl (C=O) groups is 1. The first-order chi connectivity index (χ1) is 12.2. The van der Waals surface area contributed by atoms with Crippen LogP contribution in [0.4, 0.5) is 0 Å². The first-order valence-corrected chi connectivity index (χ1v) is 8.44. The smallest absolute Gasteiger partial charge is 0.185 e. The summed E-state index contributed by atoms with van der Waals surface area (Å²) in [5.74, 6) is 1.49. The summed E-state index contributed by atoms with van der Waals surface area (Å²) >= 11 is 0. The van der Waals surface area contributed by atoms with Gasteiger partial charge >= 0.3 is 0 Å². The molecule has 2 aromatic carbocycles. The fourth-order valence-electron chi connectivity index (χ4n) is 3.07. The fraction of sp³-hybridized carbons (Fsp3) is 0.227. The van der Waals surface area contributed by atoms with E-state index in [-0.39, 0.29) is 5.78 Å². The minimum Gasteiger partial charge on any atom is -0.493 e. The van der Waals surface area contributed by atoms with Gasteiger partial charge in [-0.2, -0.15) is 0 Å². The van der Waals surface area contributed by atoms with Crippen molar-refractivity contribution in [1.82, 2.24) is 0 Å². The summed E-state index contributed by atoms with van der Waals surface area (Å²) < 4.78 is 10.6.